The number of para-hydroxylation sites is 1. The highest BCUT2D eigenvalue weighted by Crippen LogP contribution is 2.23. The first-order valence-electron chi connectivity index (χ1n) is 8.41. The van der Waals surface area contributed by atoms with E-state index in [4.69, 9.17) is 4.74 Å². The summed E-state index contributed by atoms with van der Waals surface area (Å²) in [5, 5.41) is 5.96. The molecule has 0 saturated heterocycles. The van der Waals surface area contributed by atoms with Crippen molar-refractivity contribution in [1.29, 1.82) is 0 Å². The van der Waals surface area contributed by atoms with Crippen LogP contribution in [0.25, 0.3) is 0 Å². The van der Waals surface area contributed by atoms with Crippen LogP contribution in [-0.2, 0) is 13.1 Å². The van der Waals surface area contributed by atoms with Crippen molar-refractivity contribution in [2.75, 3.05) is 13.7 Å². The molecule has 0 aromatic heterocycles. The van der Waals surface area contributed by atoms with Crippen molar-refractivity contribution >= 4 is 29.9 Å². The van der Waals surface area contributed by atoms with Gasteiger partial charge in [-0.15, -0.1) is 24.0 Å². The summed E-state index contributed by atoms with van der Waals surface area (Å²) in [6.07, 6.45) is 0. The Labute approximate surface area is 179 Å². The fraction of sp³-hybridized carbons (Fsp3) is 0.316. The van der Waals surface area contributed by atoms with Crippen molar-refractivity contribution < 1.29 is 22.6 Å². The van der Waals surface area contributed by atoms with Gasteiger partial charge in [-0.1, -0.05) is 24.3 Å². The molecular formula is C19H23F3IN3O2. The quantitative estimate of drug-likeness (QED) is 0.317. The molecule has 0 amide bonds. The van der Waals surface area contributed by atoms with Gasteiger partial charge in [-0.3, -0.25) is 0 Å². The molecule has 0 atom stereocenters. The predicted octanol–water partition coefficient (Wildman–Crippen LogP) is 4.31. The third-order valence-corrected chi connectivity index (χ3v) is 3.67. The smallest absolute Gasteiger partial charge is 0.387 e. The Bertz CT molecular complexity index is 776. The molecule has 2 aromatic carbocycles. The lowest BCUT2D eigenvalue weighted by Crippen LogP contribution is -2.37. The second kappa shape index (κ2) is 12.3. The maximum atomic E-state index is 14.0. The van der Waals surface area contributed by atoms with Crippen LogP contribution in [0.5, 0.6) is 11.5 Å². The van der Waals surface area contributed by atoms with Gasteiger partial charge < -0.3 is 20.1 Å². The second-order valence-corrected chi connectivity index (χ2v) is 5.46. The third-order valence-electron chi connectivity index (χ3n) is 3.67. The van der Waals surface area contributed by atoms with Gasteiger partial charge in [0.1, 0.15) is 17.3 Å². The maximum absolute atomic E-state index is 14.0. The van der Waals surface area contributed by atoms with Gasteiger partial charge in [0.05, 0.1) is 13.7 Å². The average molecular weight is 509 g/mol. The molecule has 0 aliphatic carbocycles. The molecule has 2 N–H and O–H groups in total. The number of methoxy groups -OCH3 is 1. The second-order valence-electron chi connectivity index (χ2n) is 5.46. The van der Waals surface area contributed by atoms with Crippen LogP contribution in [0.2, 0.25) is 0 Å². The van der Waals surface area contributed by atoms with Crippen LogP contribution in [0.1, 0.15) is 18.1 Å². The van der Waals surface area contributed by atoms with Crippen LogP contribution in [0.3, 0.4) is 0 Å². The van der Waals surface area contributed by atoms with Crippen LogP contribution in [-0.4, -0.2) is 26.2 Å². The van der Waals surface area contributed by atoms with E-state index in [1.807, 2.05) is 31.2 Å². The Hall–Kier alpha value is -2.17. The summed E-state index contributed by atoms with van der Waals surface area (Å²) in [6.45, 7) is -0.300. The van der Waals surface area contributed by atoms with Gasteiger partial charge in [0.15, 0.2) is 5.96 Å². The molecule has 0 heterocycles. The topological polar surface area (TPSA) is 54.9 Å². The largest absolute Gasteiger partial charge is 0.496 e. The molecule has 0 unspecified atom stereocenters. The van der Waals surface area contributed by atoms with Gasteiger partial charge in [-0.2, -0.15) is 8.78 Å². The lowest BCUT2D eigenvalue weighted by Gasteiger charge is -2.15. The molecule has 0 bridgehead atoms. The van der Waals surface area contributed by atoms with Crippen LogP contribution in [0.15, 0.2) is 47.5 Å². The highest BCUT2D eigenvalue weighted by Gasteiger charge is 2.14. The van der Waals surface area contributed by atoms with Gasteiger partial charge in [0, 0.05) is 24.2 Å². The highest BCUT2D eigenvalue weighted by atomic mass is 127. The summed E-state index contributed by atoms with van der Waals surface area (Å²) in [6, 6.07) is 11.3. The van der Waals surface area contributed by atoms with E-state index in [1.54, 1.807) is 7.11 Å². The molecule has 2 aromatic rings. The number of aliphatic imine (C=N–C) groups is 1. The SMILES string of the molecule is CCNC(=NCc1ccccc1OC)NCc1c(F)cccc1OC(F)F.I. The first-order valence-corrected chi connectivity index (χ1v) is 8.41. The van der Waals surface area contributed by atoms with Crippen molar-refractivity contribution in [2.45, 2.75) is 26.6 Å². The number of nitrogens with zero attached hydrogens (tertiary/aromatic N) is 1. The Morgan fingerprint density at radius 1 is 1.07 bits per heavy atom. The van der Waals surface area contributed by atoms with Crippen molar-refractivity contribution in [1.82, 2.24) is 10.6 Å². The van der Waals surface area contributed by atoms with Crippen molar-refractivity contribution in [3.05, 3.63) is 59.4 Å². The minimum absolute atomic E-state index is 0. The molecule has 0 spiro atoms. The molecule has 5 nitrogen and oxygen atoms in total. The summed E-state index contributed by atoms with van der Waals surface area (Å²) in [7, 11) is 1.58. The number of benzene rings is 2. The molecule has 28 heavy (non-hydrogen) atoms. The number of ether oxygens (including phenoxy) is 2. The van der Waals surface area contributed by atoms with E-state index in [-0.39, 0.29) is 41.8 Å². The molecule has 0 fully saturated rings. The Kier molecular flexibility index (Phi) is 10.5. The number of nitrogens with one attached hydrogen (secondary N) is 2. The van der Waals surface area contributed by atoms with E-state index in [0.29, 0.717) is 24.8 Å². The van der Waals surface area contributed by atoms with E-state index >= 15 is 0 Å². The summed E-state index contributed by atoms with van der Waals surface area (Å²) in [5.74, 6) is 0.271. The first kappa shape index (κ1) is 23.9. The third kappa shape index (κ3) is 7.10. The number of alkyl halides is 2. The fourth-order valence-corrected chi connectivity index (χ4v) is 2.43. The highest BCUT2D eigenvalue weighted by molar-refractivity contribution is 14.0. The lowest BCUT2D eigenvalue weighted by molar-refractivity contribution is -0.0506. The van der Waals surface area contributed by atoms with Crippen LogP contribution in [0.4, 0.5) is 13.2 Å². The first-order chi connectivity index (χ1) is 13.0. The van der Waals surface area contributed by atoms with Crippen LogP contribution < -0.4 is 20.1 Å². The van der Waals surface area contributed by atoms with Gasteiger partial charge in [0.25, 0.3) is 0 Å². The zero-order chi connectivity index (χ0) is 19.6. The van der Waals surface area contributed by atoms with E-state index in [9.17, 15) is 13.2 Å². The molecule has 0 radical (unpaired) electrons. The van der Waals surface area contributed by atoms with Gasteiger partial charge in [0.2, 0.25) is 0 Å². The molecule has 9 heteroatoms. The van der Waals surface area contributed by atoms with E-state index in [1.165, 1.54) is 18.2 Å². The van der Waals surface area contributed by atoms with Crippen LogP contribution in [0, 0.1) is 5.82 Å². The van der Waals surface area contributed by atoms with Crippen LogP contribution >= 0.6 is 24.0 Å². The number of hydrogen-bond donors (Lipinski definition) is 2. The monoisotopic (exact) mass is 509 g/mol. The summed E-state index contributed by atoms with van der Waals surface area (Å²) >= 11 is 0. The zero-order valence-electron chi connectivity index (χ0n) is 15.5. The lowest BCUT2D eigenvalue weighted by atomic mass is 10.2. The minimum Gasteiger partial charge on any atom is -0.496 e. The normalized spacial score (nSPS) is 11.0. The van der Waals surface area contributed by atoms with Crippen molar-refractivity contribution in [3.8, 4) is 11.5 Å². The Morgan fingerprint density at radius 3 is 2.46 bits per heavy atom. The number of rotatable bonds is 8. The zero-order valence-corrected chi connectivity index (χ0v) is 17.9. The maximum Gasteiger partial charge on any atom is 0.387 e. The summed E-state index contributed by atoms with van der Waals surface area (Å²) in [5.41, 5.74) is 0.880. The number of halogens is 4. The predicted molar refractivity (Wildman–Crippen MR) is 113 cm³/mol. The van der Waals surface area contributed by atoms with E-state index < -0.39 is 12.4 Å². The van der Waals surface area contributed by atoms with Crippen molar-refractivity contribution in [3.63, 3.8) is 0 Å². The fourth-order valence-electron chi connectivity index (χ4n) is 2.43. The Morgan fingerprint density at radius 2 is 1.79 bits per heavy atom. The van der Waals surface area contributed by atoms with E-state index in [0.717, 1.165) is 5.56 Å². The van der Waals surface area contributed by atoms with Gasteiger partial charge in [-0.05, 0) is 25.1 Å². The molecule has 0 aliphatic heterocycles. The van der Waals surface area contributed by atoms with Gasteiger partial charge >= 0.3 is 6.61 Å². The average Bonchev–Trinajstić information content (AvgIpc) is 2.65. The van der Waals surface area contributed by atoms with Crippen molar-refractivity contribution in [2.24, 2.45) is 4.99 Å². The minimum atomic E-state index is -3.03. The molecule has 0 saturated carbocycles. The van der Waals surface area contributed by atoms with E-state index in [2.05, 4.69) is 20.4 Å². The molecule has 0 aliphatic rings. The molecule has 154 valence electrons. The number of guanidine groups is 1. The summed E-state index contributed by atoms with van der Waals surface area (Å²) < 4.78 is 48.8. The Balaban J connectivity index is 0.00000392. The number of hydrogen-bond acceptors (Lipinski definition) is 3. The molecular weight excluding hydrogens is 486 g/mol. The summed E-state index contributed by atoms with van der Waals surface area (Å²) in [4.78, 5) is 4.43. The standard InChI is InChI=1S/C19H22F3N3O2.HI/c1-3-23-19(24-11-13-7-4-5-9-16(13)26-2)25-12-14-15(20)8-6-10-17(14)27-18(21)22;/h4-10,18H,3,11-12H2,1-2H3,(H2,23,24,25);1H. The molecule has 2 rings (SSSR count). The van der Waals surface area contributed by atoms with Gasteiger partial charge in [-0.25, -0.2) is 9.38 Å².